The number of rotatable bonds is 8. The average molecular weight is 432 g/mol. The monoisotopic (exact) mass is 431 g/mol. The van der Waals surface area contributed by atoms with Crippen molar-refractivity contribution < 1.29 is 4.74 Å². The maximum Gasteiger partial charge on any atom is 0.215 e. The first-order valence-corrected chi connectivity index (χ1v) is 10.4. The van der Waals surface area contributed by atoms with Gasteiger partial charge in [0.15, 0.2) is 0 Å². The molecule has 4 rings (SSSR count). The molecule has 0 aliphatic carbocycles. The van der Waals surface area contributed by atoms with Crippen LogP contribution in [0.25, 0.3) is 0 Å². The van der Waals surface area contributed by atoms with Gasteiger partial charge in [0.25, 0.3) is 0 Å². The number of imidazole rings is 1. The molecule has 1 fully saturated rings. The van der Waals surface area contributed by atoms with Crippen LogP contribution in [0.3, 0.4) is 0 Å². The highest BCUT2D eigenvalue weighted by Gasteiger charge is 2.13. The molecule has 0 bridgehead atoms. The van der Waals surface area contributed by atoms with Gasteiger partial charge in [-0.05, 0) is 49.2 Å². The first-order valence-electron chi connectivity index (χ1n) is 9.68. The zero-order valence-corrected chi connectivity index (χ0v) is 17.5. The van der Waals surface area contributed by atoms with Crippen LogP contribution < -0.4 is 15.4 Å². The van der Waals surface area contributed by atoms with Crippen LogP contribution in [0.15, 0.2) is 48.8 Å². The molecular weight excluding hydrogens is 409 g/mol. The molecule has 1 aliphatic heterocycles. The summed E-state index contributed by atoms with van der Waals surface area (Å²) in [6, 6.07) is 11.8. The van der Waals surface area contributed by atoms with Crippen LogP contribution in [-0.2, 0) is 13.2 Å². The van der Waals surface area contributed by atoms with Crippen molar-refractivity contribution in [1.82, 2.24) is 19.9 Å². The number of nitrogens with zero attached hydrogens (tertiary/aromatic N) is 3. The molecule has 3 heterocycles. The van der Waals surface area contributed by atoms with Gasteiger partial charge in [-0.3, -0.25) is 0 Å². The number of benzene rings is 1. The number of aromatic nitrogens is 3. The molecule has 152 valence electrons. The summed E-state index contributed by atoms with van der Waals surface area (Å²) in [5.74, 6) is 2.18. The maximum atomic E-state index is 6.10. The summed E-state index contributed by atoms with van der Waals surface area (Å²) < 4.78 is 7.90. The predicted octanol–water partition coefficient (Wildman–Crippen LogP) is 4.38. The maximum absolute atomic E-state index is 6.10. The molecule has 0 spiro atoms. The number of hydrogen-bond donors (Lipinski definition) is 2. The van der Waals surface area contributed by atoms with Gasteiger partial charge in [0.2, 0.25) is 5.88 Å². The Morgan fingerprint density at radius 1 is 1.21 bits per heavy atom. The minimum Gasteiger partial charge on any atom is -0.469 e. The SMILES string of the molecule is Clc1cc(Cl)cc(Cn2ccnc2COc2cccc(NC[C@@H]3CCCN3)n2)c1. The Balaban J connectivity index is 1.36. The van der Waals surface area contributed by atoms with Gasteiger partial charge in [-0.2, -0.15) is 4.98 Å². The summed E-state index contributed by atoms with van der Waals surface area (Å²) >= 11 is 12.2. The zero-order valence-electron chi connectivity index (χ0n) is 15.9. The van der Waals surface area contributed by atoms with Crippen molar-refractivity contribution in [1.29, 1.82) is 0 Å². The summed E-state index contributed by atoms with van der Waals surface area (Å²) in [7, 11) is 0. The van der Waals surface area contributed by atoms with Gasteiger partial charge in [0.1, 0.15) is 18.2 Å². The van der Waals surface area contributed by atoms with E-state index in [9.17, 15) is 0 Å². The second-order valence-corrected chi connectivity index (χ2v) is 7.95. The molecule has 0 radical (unpaired) electrons. The first kappa shape index (κ1) is 20.0. The van der Waals surface area contributed by atoms with Crippen molar-refractivity contribution in [3.63, 3.8) is 0 Å². The lowest BCUT2D eigenvalue weighted by Crippen LogP contribution is -2.29. The lowest BCUT2D eigenvalue weighted by atomic mass is 10.2. The third kappa shape index (κ3) is 5.63. The van der Waals surface area contributed by atoms with Crippen molar-refractivity contribution in [2.45, 2.75) is 32.0 Å². The number of anilines is 1. The Bertz CT molecular complexity index is 935. The van der Waals surface area contributed by atoms with Gasteiger partial charge in [-0.15, -0.1) is 0 Å². The summed E-state index contributed by atoms with van der Waals surface area (Å²) in [5, 5.41) is 8.08. The molecule has 1 aliphatic rings. The van der Waals surface area contributed by atoms with E-state index in [1.165, 1.54) is 12.8 Å². The first-order chi connectivity index (χ1) is 14.2. The van der Waals surface area contributed by atoms with Crippen molar-refractivity contribution in [3.05, 3.63) is 70.2 Å². The van der Waals surface area contributed by atoms with Gasteiger partial charge in [0, 0.05) is 47.6 Å². The van der Waals surface area contributed by atoms with E-state index in [2.05, 4.69) is 20.6 Å². The smallest absolute Gasteiger partial charge is 0.215 e. The Hall–Kier alpha value is -2.28. The van der Waals surface area contributed by atoms with Crippen molar-refractivity contribution in [3.8, 4) is 5.88 Å². The van der Waals surface area contributed by atoms with Gasteiger partial charge in [-0.25, -0.2) is 4.98 Å². The van der Waals surface area contributed by atoms with Crippen molar-refractivity contribution in [2.24, 2.45) is 0 Å². The Morgan fingerprint density at radius 2 is 2.07 bits per heavy atom. The molecule has 1 saturated heterocycles. The fraction of sp³-hybridized carbons (Fsp3) is 0.333. The molecule has 6 nitrogen and oxygen atoms in total. The molecule has 0 saturated carbocycles. The number of pyridine rings is 1. The van der Waals surface area contributed by atoms with Crippen LogP contribution in [0.5, 0.6) is 5.88 Å². The molecule has 0 amide bonds. The topological polar surface area (TPSA) is 64.0 Å². The lowest BCUT2D eigenvalue weighted by Gasteiger charge is -2.13. The zero-order chi connectivity index (χ0) is 20.1. The van der Waals surface area contributed by atoms with Gasteiger partial charge in [-0.1, -0.05) is 29.3 Å². The van der Waals surface area contributed by atoms with Crippen molar-refractivity contribution in [2.75, 3.05) is 18.4 Å². The predicted molar refractivity (Wildman–Crippen MR) is 116 cm³/mol. The molecule has 3 aromatic rings. The highest BCUT2D eigenvalue weighted by molar-refractivity contribution is 6.34. The summed E-state index contributed by atoms with van der Waals surface area (Å²) in [4.78, 5) is 8.94. The largest absolute Gasteiger partial charge is 0.469 e. The Kier molecular flexibility index (Phi) is 6.54. The van der Waals surface area contributed by atoms with Gasteiger partial charge < -0.3 is 19.9 Å². The summed E-state index contributed by atoms with van der Waals surface area (Å²) in [6.45, 7) is 2.89. The van der Waals surface area contributed by atoms with Crippen LogP contribution in [0, 0.1) is 0 Å². The van der Waals surface area contributed by atoms with E-state index in [-0.39, 0.29) is 0 Å². The van der Waals surface area contributed by atoms with Crippen LogP contribution in [0.2, 0.25) is 10.0 Å². The highest BCUT2D eigenvalue weighted by Crippen LogP contribution is 2.20. The van der Waals surface area contributed by atoms with Crippen LogP contribution in [0.1, 0.15) is 24.2 Å². The average Bonchev–Trinajstić information content (AvgIpc) is 3.36. The Labute approximate surface area is 180 Å². The summed E-state index contributed by atoms with van der Waals surface area (Å²) in [5.41, 5.74) is 1.01. The van der Waals surface area contributed by atoms with Crippen molar-refractivity contribution >= 4 is 29.0 Å². The molecule has 2 N–H and O–H groups in total. The minimum absolute atomic E-state index is 0.321. The van der Waals surface area contributed by atoms with Crippen LogP contribution in [0.4, 0.5) is 5.82 Å². The molecule has 1 aromatic carbocycles. The van der Waals surface area contributed by atoms with E-state index < -0.39 is 0 Å². The van der Waals surface area contributed by atoms with Gasteiger partial charge >= 0.3 is 0 Å². The van der Waals surface area contributed by atoms with E-state index in [0.29, 0.717) is 35.1 Å². The van der Waals surface area contributed by atoms with E-state index in [1.807, 2.05) is 41.1 Å². The molecule has 1 atom stereocenters. The standard InChI is InChI=1S/C21H23Cl2N5O/c22-16-9-15(10-17(23)11-16)13-28-8-7-25-20(28)14-29-21-5-1-4-19(27-21)26-12-18-3-2-6-24-18/h1,4-5,7-11,18,24H,2-3,6,12-14H2,(H,26,27)/t18-/m0/s1. The van der Waals surface area contributed by atoms with E-state index in [4.69, 9.17) is 27.9 Å². The molecule has 8 heteroatoms. The second-order valence-electron chi connectivity index (χ2n) is 7.07. The fourth-order valence-corrected chi connectivity index (χ4v) is 3.99. The number of halogens is 2. The number of nitrogens with one attached hydrogen (secondary N) is 2. The third-order valence-corrected chi connectivity index (χ3v) is 5.28. The number of hydrogen-bond acceptors (Lipinski definition) is 5. The number of ether oxygens (including phenoxy) is 1. The normalized spacial score (nSPS) is 16.1. The fourth-order valence-electron chi connectivity index (χ4n) is 3.41. The lowest BCUT2D eigenvalue weighted by molar-refractivity contribution is 0.279. The van der Waals surface area contributed by atoms with E-state index >= 15 is 0 Å². The quantitative estimate of drug-likeness (QED) is 0.553. The summed E-state index contributed by atoms with van der Waals surface area (Å²) in [6.07, 6.45) is 6.10. The molecule has 2 aromatic heterocycles. The second kappa shape index (κ2) is 9.48. The van der Waals surface area contributed by atoms with E-state index in [0.717, 1.165) is 30.3 Å². The molecule has 29 heavy (non-hydrogen) atoms. The van der Waals surface area contributed by atoms with Crippen LogP contribution >= 0.6 is 23.2 Å². The van der Waals surface area contributed by atoms with Gasteiger partial charge in [0.05, 0.1) is 0 Å². The third-order valence-electron chi connectivity index (χ3n) is 4.84. The minimum atomic E-state index is 0.321. The highest BCUT2D eigenvalue weighted by atomic mass is 35.5. The van der Waals surface area contributed by atoms with Crippen LogP contribution in [-0.4, -0.2) is 33.7 Å². The Morgan fingerprint density at radius 3 is 2.86 bits per heavy atom. The van der Waals surface area contributed by atoms with E-state index in [1.54, 1.807) is 12.3 Å². The molecular formula is C21H23Cl2N5O. The molecule has 0 unspecified atom stereocenters.